The second-order valence-corrected chi connectivity index (χ2v) is 10.4. The van der Waals surface area contributed by atoms with Gasteiger partial charge in [0, 0.05) is 36.6 Å². The number of benzene rings is 4. The van der Waals surface area contributed by atoms with E-state index >= 15 is 0 Å². The molecule has 1 heterocycles. The number of fused-ring (bicyclic) bond motifs is 1. The number of para-hydroxylation sites is 1. The van der Waals surface area contributed by atoms with Crippen molar-refractivity contribution in [3.8, 4) is 22.6 Å². The number of esters is 1. The monoisotopic (exact) mass is 653 g/mol. The maximum absolute atomic E-state index is 14.6. The predicted octanol–water partition coefficient (Wildman–Crippen LogP) is 8.04. The summed E-state index contributed by atoms with van der Waals surface area (Å²) in [5, 5.41) is 5.29. The van der Waals surface area contributed by atoms with Gasteiger partial charge in [0.15, 0.2) is 0 Å². The number of aromatic amines is 1. The molecule has 2 N–H and O–H groups in total. The average molecular weight is 655 g/mol. The summed E-state index contributed by atoms with van der Waals surface area (Å²) in [5.74, 6) is -1.39. The highest BCUT2D eigenvalue weighted by atomic mass is 79.9. The molecule has 4 aromatic carbocycles. The van der Waals surface area contributed by atoms with E-state index in [1.807, 2.05) is 0 Å². The predicted molar refractivity (Wildman–Crippen MR) is 161 cm³/mol. The normalized spacial score (nSPS) is 11.1. The Kier molecular flexibility index (Phi) is 8.39. The number of H-pyrrole nitrogens is 1. The molecule has 0 bridgehead atoms. The molecule has 0 unspecified atom stereocenters. The van der Waals surface area contributed by atoms with E-state index in [1.165, 1.54) is 25.5 Å². The first-order valence-corrected chi connectivity index (χ1v) is 13.6. The third-order valence-corrected chi connectivity index (χ3v) is 7.14. The van der Waals surface area contributed by atoms with Crippen LogP contribution in [-0.2, 0) is 0 Å². The van der Waals surface area contributed by atoms with Crippen molar-refractivity contribution < 1.29 is 23.5 Å². The Bertz CT molecular complexity index is 1840. The lowest BCUT2D eigenvalue weighted by molar-refractivity contribution is 0.0730. The highest BCUT2D eigenvalue weighted by Crippen LogP contribution is 2.37. The maximum atomic E-state index is 14.6. The van der Waals surface area contributed by atoms with Crippen LogP contribution in [0.1, 0.15) is 26.4 Å². The molecule has 0 saturated heterocycles. The molecule has 0 fully saturated rings. The molecule has 11 heteroatoms. The summed E-state index contributed by atoms with van der Waals surface area (Å²) in [7, 11) is 1.43. The number of rotatable bonds is 7. The van der Waals surface area contributed by atoms with E-state index in [9.17, 15) is 14.0 Å². The molecule has 0 aliphatic rings. The highest BCUT2D eigenvalue weighted by Gasteiger charge is 2.22. The van der Waals surface area contributed by atoms with Crippen molar-refractivity contribution in [2.45, 2.75) is 0 Å². The third kappa shape index (κ3) is 5.97. The second-order valence-electron chi connectivity index (χ2n) is 8.63. The summed E-state index contributed by atoms with van der Waals surface area (Å²) < 4.78 is 26.2. The number of methoxy groups -OCH3 is 1. The fraction of sp³-hybridized carbons (Fsp3) is 0.0333. The van der Waals surface area contributed by atoms with Gasteiger partial charge in [0.05, 0.1) is 18.8 Å². The number of nitrogens with one attached hydrogen (secondary N) is 2. The lowest BCUT2D eigenvalue weighted by Crippen LogP contribution is -2.19. The molecule has 5 aromatic rings. The minimum atomic E-state index is -0.699. The van der Waals surface area contributed by atoms with E-state index < -0.39 is 17.7 Å². The van der Waals surface area contributed by atoms with E-state index in [2.05, 4.69) is 31.4 Å². The lowest BCUT2D eigenvalue weighted by atomic mass is 10.0. The van der Waals surface area contributed by atoms with Crippen LogP contribution in [0, 0.1) is 5.82 Å². The molecule has 1 amide bonds. The van der Waals surface area contributed by atoms with Gasteiger partial charge in [-0.25, -0.2) is 14.6 Å². The summed E-state index contributed by atoms with van der Waals surface area (Å²) in [6.45, 7) is 0. The molecule has 7 nitrogen and oxygen atoms in total. The fourth-order valence-corrected chi connectivity index (χ4v) is 5.00. The van der Waals surface area contributed by atoms with E-state index in [0.29, 0.717) is 42.3 Å². The first-order valence-electron chi connectivity index (χ1n) is 12.0. The summed E-state index contributed by atoms with van der Waals surface area (Å²) >= 11 is 15.9. The first-order chi connectivity index (χ1) is 19.8. The molecule has 1 aromatic heterocycles. The number of aromatic nitrogens is 1. The van der Waals surface area contributed by atoms with Gasteiger partial charge in [-0.3, -0.25) is 4.79 Å². The summed E-state index contributed by atoms with van der Waals surface area (Å²) in [4.78, 5) is 29.1. The lowest BCUT2D eigenvalue weighted by Gasteiger charge is -2.11. The molecule has 0 saturated carbocycles. The van der Waals surface area contributed by atoms with Gasteiger partial charge in [-0.05, 0) is 48.5 Å². The second kappa shape index (κ2) is 12.1. The van der Waals surface area contributed by atoms with Gasteiger partial charge in [0.1, 0.15) is 28.6 Å². The molecule has 206 valence electrons. The highest BCUT2D eigenvalue weighted by molar-refractivity contribution is 9.10. The third-order valence-electron chi connectivity index (χ3n) is 6.08. The van der Waals surface area contributed by atoms with Gasteiger partial charge in [-0.2, -0.15) is 5.10 Å². The van der Waals surface area contributed by atoms with Crippen molar-refractivity contribution in [1.29, 1.82) is 0 Å². The van der Waals surface area contributed by atoms with E-state index in [4.69, 9.17) is 32.7 Å². The van der Waals surface area contributed by atoms with Crippen molar-refractivity contribution in [2.75, 3.05) is 7.11 Å². The van der Waals surface area contributed by atoms with Crippen LogP contribution in [0.25, 0.3) is 22.0 Å². The molecular formula is C30H19BrCl2FN3O4. The Morgan fingerprint density at radius 2 is 1.78 bits per heavy atom. The van der Waals surface area contributed by atoms with Crippen LogP contribution in [0.2, 0.25) is 10.0 Å². The molecule has 5 rings (SSSR count). The molecule has 0 radical (unpaired) electrons. The molecule has 0 atom stereocenters. The van der Waals surface area contributed by atoms with E-state index in [1.54, 1.807) is 66.7 Å². The molecular weight excluding hydrogens is 636 g/mol. The number of hydrogen-bond acceptors (Lipinski definition) is 5. The van der Waals surface area contributed by atoms with Crippen molar-refractivity contribution in [2.24, 2.45) is 5.10 Å². The summed E-state index contributed by atoms with van der Waals surface area (Å²) in [5.41, 5.74) is 4.19. The van der Waals surface area contributed by atoms with Gasteiger partial charge < -0.3 is 14.5 Å². The Labute approximate surface area is 252 Å². The Morgan fingerprint density at radius 3 is 2.56 bits per heavy atom. The quantitative estimate of drug-likeness (QED) is 0.0804. The van der Waals surface area contributed by atoms with Gasteiger partial charge in [0.2, 0.25) is 0 Å². The van der Waals surface area contributed by atoms with Crippen LogP contribution in [-0.4, -0.2) is 30.2 Å². The van der Waals surface area contributed by atoms with Crippen molar-refractivity contribution in [3.63, 3.8) is 0 Å². The van der Waals surface area contributed by atoms with Gasteiger partial charge in [-0.1, -0.05) is 69.5 Å². The standard InChI is InChI=1S/C30H19BrCl2FN3O4/c1-40-25-12-10-18(32)14-21(25)30(39)41-24-11-9-17(31)13-16(24)15-35-37-29(38)28-26(19-5-2-3-7-22(19)33)20-6-4-8-23(34)27(20)36-28/h2-15,36H,1H3,(H,37,38). The summed E-state index contributed by atoms with van der Waals surface area (Å²) in [6, 6.07) is 21.0. The van der Waals surface area contributed by atoms with E-state index in [0.717, 1.165) is 0 Å². The SMILES string of the molecule is COc1ccc(Cl)cc1C(=O)Oc1ccc(Br)cc1C=NNC(=O)c1[nH]c2c(F)cccc2c1-c1ccccc1Cl. The van der Waals surface area contributed by atoms with Gasteiger partial charge >= 0.3 is 5.97 Å². The smallest absolute Gasteiger partial charge is 0.347 e. The number of amides is 1. The largest absolute Gasteiger partial charge is 0.496 e. The van der Waals surface area contributed by atoms with E-state index in [-0.39, 0.29) is 22.5 Å². The minimum absolute atomic E-state index is 0.0734. The Morgan fingerprint density at radius 1 is 1.00 bits per heavy atom. The van der Waals surface area contributed by atoms with Crippen LogP contribution in [0.4, 0.5) is 4.39 Å². The average Bonchev–Trinajstić information content (AvgIpc) is 3.35. The molecule has 0 aliphatic heterocycles. The van der Waals surface area contributed by atoms with Gasteiger partial charge in [-0.15, -0.1) is 0 Å². The number of halogens is 4. The zero-order valence-corrected chi connectivity index (χ0v) is 24.3. The van der Waals surface area contributed by atoms with Gasteiger partial charge in [0.25, 0.3) is 5.91 Å². The maximum Gasteiger partial charge on any atom is 0.347 e. The summed E-state index contributed by atoms with van der Waals surface area (Å²) in [6.07, 6.45) is 1.32. The van der Waals surface area contributed by atoms with Crippen LogP contribution in [0.3, 0.4) is 0 Å². The van der Waals surface area contributed by atoms with Crippen LogP contribution in [0.5, 0.6) is 11.5 Å². The number of carbonyl (C=O) groups excluding carboxylic acids is 2. The number of hydrogen-bond donors (Lipinski definition) is 2. The molecule has 0 spiro atoms. The van der Waals surface area contributed by atoms with Crippen LogP contribution < -0.4 is 14.9 Å². The Balaban J connectivity index is 1.44. The first kappa shape index (κ1) is 28.4. The fourth-order valence-electron chi connectivity index (χ4n) is 4.22. The zero-order valence-electron chi connectivity index (χ0n) is 21.2. The van der Waals surface area contributed by atoms with Crippen molar-refractivity contribution in [3.05, 3.63) is 116 Å². The number of nitrogens with zero attached hydrogens (tertiary/aromatic N) is 1. The number of ether oxygens (including phenoxy) is 2. The topological polar surface area (TPSA) is 92.8 Å². The minimum Gasteiger partial charge on any atom is -0.496 e. The number of hydrazone groups is 1. The Hall–Kier alpha value is -4.18. The molecule has 0 aliphatic carbocycles. The zero-order chi connectivity index (χ0) is 29.1. The van der Waals surface area contributed by atoms with Crippen LogP contribution in [0.15, 0.2) is 88.4 Å². The molecule has 41 heavy (non-hydrogen) atoms. The van der Waals surface area contributed by atoms with Crippen molar-refractivity contribution >= 4 is 68.1 Å². The van der Waals surface area contributed by atoms with Crippen molar-refractivity contribution in [1.82, 2.24) is 10.4 Å². The number of carbonyl (C=O) groups is 2. The van der Waals surface area contributed by atoms with Crippen LogP contribution >= 0.6 is 39.1 Å².